The van der Waals surface area contributed by atoms with Crippen LogP contribution in [-0.2, 0) is 9.63 Å². The quantitative estimate of drug-likeness (QED) is 0.288. The first-order valence-corrected chi connectivity index (χ1v) is 9.55. The van der Waals surface area contributed by atoms with Crippen LogP contribution in [0.15, 0.2) is 77.7 Å². The van der Waals surface area contributed by atoms with Crippen molar-refractivity contribution in [3.05, 3.63) is 83.6 Å². The second-order valence-corrected chi connectivity index (χ2v) is 7.10. The van der Waals surface area contributed by atoms with E-state index in [1.807, 2.05) is 55.5 Å². The van der Waals surface area contributed by atoms with Crippen LogP contribution < -0.4 is 4.74 Å². The highest BCUT2D eigenvalue weighted by molar-refractivity contribution is 6.22. The third-order valence-electron chi connectivity index (χ3n) is 4.78. The first kappa shape index (κ1) is 20.4. The molecule has 2 aromatic rings. The lowest BCUT2D eigenvalue weighted by atomic mass is 9.81. The van der Waals surface area contributed by atoms with Crippen LogP contribution in [0.4, 0.5) is 0 Å². The minimum atomic E-state index is -0.146. The highest BCUT2D eigenvalue weighted by atomic mass is 16.6. The number of ketones is 1. The van der Waals surface area contributed by atoms with Gasteiger partial charge in [0.1, 0.15) is 23.9 Å². The summed E-state index contributed by atoms with van der Waals surface area (Å²) in [5, 5.41) is 14.4. The Kier molecular flexibility index (Phi) is 6.50. The molecule has 0 heterocycles. The molecule has 29 heavy (non-hydrogen) atoms. The molecule has 0 fully saturated rings. The molecule has 1 N–H and O–H groups in total. The molecule has 150 valence electrons. The summed E-state index contributed by atoms with van der Waals surface area (Å²) in [6.07, 6.45) is 2.22. The molecule has 0 aliphatic heterocycles. The van der Waals surface area contributed by atoms with Crippen LogP contribution in [0.3, 0.4) is 0 Å². The number of hydrogen-bond donors (Lipinski definition) is 1. The smallest absolute Gasteiger partial charge is 0.168 e. The zero-order valence-electron chi connectivity index (χ0n) is 16.7. The summed E-state index contributed by atoms with van der Waals surface area (Å²) in [4.78, 5) is 17.7. The van der Waals surface area contributed by atoms with Gasteiger partial charge in [-0.15, -0.1) is 0 Å². The Morgan fingerprint density at radius 1 is 1.21 bits per heavy atom. The lowest BCUT2D eigenvalue weighted by Gasteiger charge is -2.24. The van der Waals surface area contributed by atoms with Gasteiger partial charge >= 0.3 is 0 Å². The number of aliphatic hydroxyl groups excluding tert-OH is 1. The molecule has 1 aliphatic rings. The average molecular weight is 391 g/mol. The third-order valence-corrected chi connectivity index (χ3v) is 4.78. The largest absolute Gasteiger partial charge is 0.511 e. The number of Topliss-reactive ketones (excluding diaryl/α,β-unsaturated/α-hetero) is 1. The van der Waals surface area contributed by atoms with Crippen molar-refractivity contribution in [1.82, 2.24) is 0 Å². The fourth-order valence-corrected chi connectivity index (χ4v) is 3.35. The van der Waals surface area contributed by atoms with Crippen molar-refractivity contribution >= 4 is 11.5 Å². The fourth-order valence-electron chi connectivity index (χ4n) is 3.35. The summed E-state index contributed by atoms with van der Waals surface area (Å²) in [6, 6.07) is 15.5. The molecule has 0 spiro atoms. The van der Waals surface area contributed by atoms with Crippen molar-refractivity contribution in [1.29, 1.82) is 0 Å². The Bertz CT molecular complexity index is 957. The molecule has 0 amide bonds. The third kappa shape index (κ3) is 5.13. The number of hydrogen-bond acceptors (Lipinski definition) is 5. The maximum absolute atomic E-state index is 12.7. The van der Waals surface area contributed by atoms with Crippen molar-refractivity contribution in [2.75, 3.05) is 6.61 Å². The number of nitrogens with zero attached hydrogens (tertiary/aromatic N) is 1. The van der Waals surface area contributed by atoms with E-state index in [1.54, 1.807) is 13.0 Å². The maximum atomic E-state index is 12.7. The zero-order valence-corrected chi connectivity index (χ0v) is 16.7. The Labute approximate surface area is 171 Å². The Balaban J connectivity index is 1.77. The number of ether oxygens (including phenoxy) is 1. The molecule has 0 aromatic heterocycles. The molecular formula is C24H25NO4. The van der Waals surface area contributed by atoms with Crippen molar-refractivity contribution in [3.63, 3.8) is 0 Å². The van der Waals surface area contributed by atoms with Gasteiger partial charge in [0.15, 0.2) is 5.78 Å². The summed E-state index contributed by atoms with van der Waals surface area (Å²) in [6.45, 7) is 7.47. The van der Waals surface area contributed by atoms with Gasteiger partial charge in [-0.2, -0.15) is 0 Å². The predicted octanol–water partition coefficient (Wildman–Crippen LogP) is 5.62. The monoisotopic (exact) mass is 391 g/mol. The second kappa shape index (κ2) is 9.24. The molecule has 3 rings (SSSR count). The van der Waals surface area contributed by atoms with Crippen LogP contribution >= 0.6 is 0 Å². The Morgan fingerprint density at radius 3 is 2.66 bits per heavy atom. The maximum Gasteiger partial charge on any atom is 0.168 e. The molecule has 5 nitrogen and oxygen atoms in total. The molecule has 0 saturated heterocycles. The van der Waals surface area contributed by atoms with Crippen LogP contribution in [0.2, 0.25) is 0 Å². The highest BCUT2D eigenvalue weighted by Crippen LogP contribution is 2.36. The van der Waals surface area contributed by atoms with E-state index in [-0.39, 0.29) is 29.6 Å². The average Bonchev–Trinajstić information content (AvgIpc) is 2.69. The summed E-state index contributed by atoms with van der Waals surface area (Å²) < 4.78 is 5.93. The fraction of sp³-hybridized carbons (Fsp3) is 0.250. The Hall–Kier alpha value is -3.34. The number of aryl methyl sites for hydroxylation is 1. The first-order chi connectivity index (χ1) is 14.0. The second-order valence-electron chi connectivity index (χ2n) is 7.10. The molecule has 0 radical (unpaired) electrons. The highest BCUT2D eigenvalue weighted by Gasteiger charge is 2.30. The van der Waals surface area contributed by atoms with Gasteiger partial charge in [0.05, 0.1) is 11.3 Å². The molecule has 0 saturated carbocycles. The molecule has 2 aromatic carbocycles. The van der Waals surface area contributed by atoms with Crippen LogP contribution in [-0.4, -0.2) is 23.2 Å². The molecule has 5 heteroatoms. The van der Waals surface area contributed by atoms with E-state index in [0.29, 0.717) is 24.3 Å². The van der Waals surface area contributed by atoms with Gasteiger partial charge in [-0.3, -0.25) is 4.79 Å². The number of allylic oxidation sites excluding steroid dienone is 2. The summed E-state index contributed by atoms with van der Waals surface area (Å²) >= 11 is 0. The van der Waals surface area contributed by atoms with E-state index in [4.69, 9.17) is 9.57 Å². The molecular weight excluding hydrogens is 366 g/mol. The van der Waals surface area contributed by atoms with Crippen molar-refractivity contribution in [2.45, 2.75) is 32.6 Å². The standard InChI is InChI=1S/C24H25NO4/c1-4-12-28-25-17(3)24-22(26)14-19(15-23(24)27)18-6-5-7-21(13-18)29-20-10-8-16(2)9-11-20/h4-11,13,19,26H,1,12,14-15H2,2-3H3/b25-17-. The number of oxime groups is 1. The minimum Gasteiger partial charge on any atom is -0.511 e. The van der Waals surface area contributed by atoms with E-state index >= 15 is 0 Å². The molecule has 1 aliphatic carbocycles. The van der Waals surface area contributed by atoms with Gasteiger partial charge in [-0.1, -0.05) is 47.6 Å². The van der Waals surface area contributed by atoms with E-state index in [2.05, 4.69) is 11.7 Å². The van der Waals surface area contributed by atoms with Crippen molar-refractivity contribution in [3.8, 4) is 11.5 Å². The number of carbonyl (C=O) groups excluding carboxylic acids is 1. The van der Waals surface area contributed by atoms with Gasteiger partial charge < -0.3 is 14.7 Å². The number of carbonyl (C=O) groups is 1. The first-order valence-electron chi connectivity index (χ1n) is 9.55. The topological polar surface area (TPSA) is 68.1 Å². The van der Waals surface area contributed by atoms with E-state index < -0.39 is 0 Å². The normalized spacial score (nSPS) is 17.2. The van der Waals surface area contributed by atoms with E-state index in [9.17, 15) is 9.90 Å². The zero-order chi connectivity index (χ0) is 20.8. The van der Waals surface area contributed by atoms with Gasteiger partial charge in [0, 0.05) is 12.8 Å². The van der Waals surface area contributed by atoms with Gasteiger partial charge in [-0.05, 0) is 49.6 Å². The number of rotatable bonds is 7. The summed E-state index contributed by atoms with van der Waals surface area (Å²) in [7, 11) is 0. The van der Waals surface area contributed by atoms with Crippen LogP contribution in [0, 0.1) is 6.92 Å². The molecule has 1 atom stereocenters. The number of benzene rings is 2. The minimum absolute atomic E-state index is 0.0413. The van der Waals surface area contributed by atoms with Crippen LogP contribution in [0.5, 0.6) is 11.5 Å². The number of aliphatic hydroxyl groups is 1. The summed E-state index contributed by atoms with van der Waals surface area (Å²) in [5.41, 5.74) is 2.74. The van der Waals surface area contributed by atoms with Gasteiger partial charge in [0.25, 0.3) is 0 Å². The van der Waals surface area contributed by atoms with Gasteiger partial charge in [-0.25, -0.2) is 0 Å². The molecule has 0 bridgehead atoms. The lowest BCUT2D eigenvalue weighted by Crippen LogP contribution is -2.22. The predicted molar refractivity (Wildman–Crippen MR) is 114 cm³/mol. The van der Waals surface area contributed by atoms with Crippen molar-refractivity contribution < 1.29 is 19.5 Å². The SMILES string of the molecule is C=CCO/N=C(/C)C1=C(O)CC(c2cccc(Oc3ccc(C)cc3)c2)CC1=O. The van der Waals surface area contributed by atoms with Crippen LogP contribution in [0.1, 0.15) is 36.8 Å². The van der Waals surface area contributed by atoms with E-state index in [0.717, 1.165) is 11.3 Å². The molecule has 1 unspecified atom stereocenters. The van der Waals surface area contributed by atoms with Gasteiger partial charge in [0.2, 0.25) is 0 Å². The Morgan fingerprint density at radius 2 is 1.97 bits per heavy atom. The summed E-state index contributed by atoms with van der Waals surface area (Å²) in [5.74, 6) is 1.23. The van der Waals surface area contributed by atoms with E-state index in [1.165, 1.54) is 5.56 Å². The van der Waals surface area contributed by atoms with Crippen LogP contribution in [0.25, 0.3) is 0 Å². The lowest BCUT2D eigenvalue weighted by molar-refractivity contribution is -0.116. The van der Waals surface area contributed by atoms with Crippen molar-refractivity contribution in [2.24, 2.45) is 5.16 Å².